The summed E-state index contributed by atoms with van der Waals surface area (Å²) in [6.07, 6.45) is 1.71. The Morgan fingerprint density at radius 1 is 1.21 bits per heavy atom. The van der Waals surface area contributed by atoms with Crippen molar-refractivity contribution in [3.8, 4) is 5.75 Å². The summed E-state index contributed by atoms with van der Waals surface area (Å²) in [5.74, 6) is 0.707. The minimum absolute atomic E-state index is 0.297. The first-order valence-electron chi connectivity index (χ1n) is 7.59. The Morgan fingerprint density at radius 2 is 1.96 bits per heavy atom. The topological polar surface area (TPSA) is 47.9 Å². The summed E-state index contributed by atoms with van der Waals surface area (Å²) in [6.45, 7) is 4.57. The van der Waals surface area contributed by atoms with Gasteiger partial charge in [0.25, 0.3) is 0 Å². The van der Waals surface area contributed by atoms with Gasteiger partial charge in [0.1, 0.15) is 5.75 Å². The maximum Gasteiger partial charge on any atom is 0.363 e. The fourth-order valence-corrected chi connectivity index (χ4v) is 2.63. The Morgan fingerprint density at radius 3 is 2.62 bits per heavy atom. The molecule has 0 bridgehead atoms. The number of halogens is 1. The Labute approximate surface area is 154 Å². The summed E-state index contributed by atoms with van der Waals surface area (Å²) in [7, 11) is 0. The van der Waals surface area contributed by atoms with Crippen molar-refractivity contribution in [3.63, 3.8) is 0 Å². The third-order valence-electron chi connectivity index (χ3n) is 3.52. The van der Waals surface area contributed by atoms with Crippen LogP contribution in [0.3, 0.4) is 0 Å². The van der Waals surface area contributed by atoms with Crippen molar-refractivity contribution in [1.82, 2.24) is 0 Å². The first-order chi connectivity index (χ1) is 11.6. The standard InChI is InChI=1S/C19H16INO3/c1-3-23-15-7-4-13(5-8-15)11-17-19(22)24-18(21-17)14-6-9-16(20)12(2)10-14/h4-11H,3H2,1-2H3/b17-11-. The number of hydrogen-bond donors (Lipinski definition) is 0. The summed E-state index contributed by atoms with van der Waals surface area (Å²) in [5, 5.41) is 0. The second-order valence-corrected chi connectivity index (χ2v) is 6.46. The maximum atomic E-state index is 12.1. The monoisotopic (exact) mass is 433 g/mol. The highest BCUT2D eigenvalue weighted by atomic mass is 127. The molecule has 0 saturated heterocycles. The lowest BCUT2D eigenvalue weighted by Crippen LogP contribution is -2.05. The van der Waals surface area contributed by atoms with Gasteiger partial charge >= 0.3 is 5.97 Å². The molecule has 2 aromatic rings. The van der Waals surface area contributed by atoms with Crippen molar-refractivity contribution < 1.29 is 14.3 Å². The number of rotatable bonds is 4. The molecule has 5 heteroatoms. The van der Waals surface area contributed by atoms with Crippen LogP contribution in [0.4, 0.5) is 0 Å². The summed E-state index contributed by atoms with van der Waals surface area (Å²) in [5.41, 5.74) is 3.09. The van der Waals surface area contributed by atoms with Gasteiger partial charge in [-0.2, -0.15) is 0 Å². The summed E-state index contributed by atoms with van der Waals surface area (Å²) < 4.78 is 11.9. The molecule has 0 atom stereocenters. The average molecular weight is 433 g/mol. The number of hydrogen-bond acceptors (Lipinski definition) is 4. The molecule has 2 aromatic carbocycles. The van der Waals surface area contributed by atoms with Crippen LogP contribution >= 0.6 is 22.6 Å². The number of nitrogens with zero attached hydrogens (tertiary/aromatic N) is 1. The predicted molar refractivity (Wildman–Crippen MR) is 102 cm³/mol. The summed E-state index contributed by atoms with van der Waals surface area (Å²) in [4.78, 5) is 16.4. The lowest BCUT2D eigenvalue weighted by molar-refractivity contribution is -0.129. The van der Waals surface area contributed by atoms with E-state index in [9.17, 15) is 4.79 Å². The molecule has 1 heterocycles. The van der Waals surface area contributed by atoms with E-state index in [1.807, 2.05) is 56.3 Å². The SMILES string of the molecule is CCOc1ccc(/C=C2\N=C(c3ccc(I)c(C)c3)OC2=O)cc1. The molecule has 1 aliphatic heterocycles. The molecule has 0 saturated carbocycles. The van der Waals surface area contributed by atoms with Crippen LogP contribution in [0.25, 0.3) is 6.08 Å². The highest BCUT2D eigenvalue weighted by Crippen LogP contribution is 2.22. The smallest absolute Gasteiger partial charge is 0.363 e. The first-order valence-corrected chi connectivity index (χ1v) is 8.66. The predicted octanol–water partition coefficient (Wildman–Crippen LogP) is 4.34. The highest BCUT2D eigenvalue weighted by Gasteiger charge is 2.24. The van der Waals surface area contributed by atoms with Crippen LogP contribution in [-0.2, 0) is 9.53 Å². The molecule has 1 aliphatic rings. The molecule has 0 N–H and O–H groups in total. The van der Waals surface area contributed by atoms with Gasteiger partial charge in [-0.05, 0) is 84.0 Å². The first kappa shape index (κ1) is 16.7. The number of benzene rings is 2. The van der Waals surface area contributed by atoms with Gasteiger partial charge in [0, 0.05) is 9.13 Å². The van der Waals surface area contributed by atoms with E-state index in [0.717, 1.165) is 26.0 Å². The fraction of sp³-hybridized carbons (Fsp3) is 0.158. The second kappa shape index (κ2) is 7.17. The molecule has 24 heavy (non-hydrogen) atoms. The molecule has 122 valence electrons. The second-order valence-electron chi connectivity index (χ2n) is 5.30. The Balaban J connectivity index is 1.86. The normalized spacial score (nSPS) is 15.4. The molecular weight excluding hydrogens is 417 g/mol. The zero-order valence-corrected chi connectivity index (χ0v) is 15.5. The minimum atomic E-state index is -0.435. The van der Waals surface area contributed by atoms with Crippen molar-refractivity contribution >= 4 is 40.5 Å². The molecule has 0 unspecified atom stereocenters. The zero-order chi connectivity index (χ0) is 17.1. The zero-order valence-electron chi connectivity index (χ0n) is 13.4. The van der Waals surface area contributed by atoms with Gasteiger partial charge in [0.15, 0.2) is 5.70 Å². The number of esters is 1. The van der Waals surface area contributed by atoms with E-state index >= 15 is 0 Å². The molecule has 0 amide bonds. The van der Waals surface area contributed by atoms with E-state index in [2.05, 4.69) is 27.6 Å². The van der Waals surface area contributed by atoms with Crippen molar-refractivity contribution in [3.05, 3.63) is 68.4 Å². The molecule has 0 aromatic heterocycles. The molecule has 0 fully saturated rings. The Kier molecular flexibility index (Phi) is 4.99. The van der Waals surface area contributed by atoms with Crippen molar-refractivity contribution in [2.45, 2.75) is 13.8 Å². The van der Waals surface area contributed by atoms with Gasteiger partial charge in [-0.3, -0.25) is 0 Å². The van der Waals surface area contributed by atoms with Crippen LogP contribution in [0.2, 0.25) is 0 Å². The number of ether oxygens (including phenoxy) is 2. The van der Waals surface area contributed by atoms with Crippen LogP contribution in [0.5, 0.6) is 5.75 Å². The van der Waals surface area contributed by atoms with Gasteiger partial charge < -0.3 is 9.47 Å². The molecule has 0 spiro atoms. The van der Waals surface area contributed by atoms with Gasteiger partial charge in [-0.1, -0.05) is 12.1 Å². The highest BCUT2D eigenvalue weighted by molar-refractivity contribution is 14.1. The number of carbonyl (C=O) groups is 1. The van der Waals surface area contributed by atoms with E-state index in [4.69, 9.17) is 9.47 Å². The van der Waals surface area contributed by atoms with Gasteiger partial charge in [-0.25, -0.2) is 9.79 Å². The summed E-state index contributed by atoms with van der Waals surface area (Å²) in [6, 6.07) is 13.3. The van der Waals surface area contributed by atoms with Gasteiger partial charge in [0.05, 0.1) is 6.61 Å². The van der Waals surface area contributed by atoms with Gasteiger partial charge in [0.2, 0.25) is 5.90 Å². The van der Waals surface area contributed by atoms with E-state index in [-0.39, 0.29) is 0 Å². The third kappa shape index (κ3) is 3.67. The number of aliphatic imine (C=N–C) groups is 1. The number of carbonyl (C=O) groups excluding carboxylic acids is 1. The lowest BCUT2D eigenvalue weighted by Gasteiger charge is -2.02. The fourth-order valence-electron chi connectivity index (χ4n) is 2.30. The van der Waals surface area contributed by atoms with Crippen molar-refractivity contribution in [1.29, 1.82) is 0 Å². The third-order valence-corrected chi connectivity index (χ3v) is 4.73. The van der Waals surface area contributed by atoms with Crippen molar-refractivity contribution in [2.75, 3.05) is 6.61 Å². The minimum Gasteiger partial charge on any atom is -0.494 e. The average Bonchev–Trinajstić information content (AvgIpc) is 2.93. The van der Waals surface area contributed by atoms with Crippen LogP contribution in [0.15, 0.2) is 53.2 Å². The van der Waals surface area contributed by atoms with E-state index in [0.29, 0.717) is 18.2 Å². The molecule has 3 rings (SSSR count). The van der Waals surface area contributed by atoms with Crippen LogP contribution < -0.4 is 4.74 Å². The van der Waals surface area contributed by atoms with Gasteiger partial charge in [-0.15, -0.1) is 0 Å². The van der Waals surface area contributed by atoms with E-state index in [1.165, 1.54) is 0 Å². The van der Waals surface area contributed by atoms with Crippen LogP contribution in [0.1, 0.15) is 23.6 Å². The quantitative estimate of drug-likeness (QED) is 0.410. The van der Waals surface area contributed by atoms with Crippen LogP contribution in [-0.4, -0.2) is 18.5 Å². The molecule has 0 radical (unpaired) electrons. The Hall–Kier alpha value is -2.15. The summed E-state index contributed by atoms with van der Waals surface area (Å²) >= 11 is 2.27. The Bertz CT molecular complexity index is 838. The van der Waals surface area contributed by atoms with E-state index < -0.39 is 5.97 Å². The molecule has 4 nitrogen and oxygen atoms in total. The largest absolute Gasteiger partial charge is 0.494 e. The number of aryl methyl sites for hydroxylation is 1. The molecular formula is C19H16INO3. The van der Waals surface area contributed by atoms with E-state index in [1.54, 1.807) is 6.08 Å². The maximum absolute atomic E-state index is 12.1. The molecule has 0 aliphatic carbocycles. The number of cyclic esters (lactones) is 1. The lowest BCUT2D eigenvalue weighted by atomic mass is 10.1. The van der Waals surface area contributed by atoms with Crippen LogP contribution in [0, 0.1) is 10.5 Å². The van der Waals surface area contributed by atoms with Crippen molar-refractivity contribution in [2.24, 2.45) is 4.99 Å².